The first kappa shape index (κ1) is 95.9. The highest BCUT2D eigenvalue weighted by Gasteiger charge is 2.43. The summed E-state index contributed by atoms with van der Waals surface area (Å²) in [5.74, 6) is -4.27. The molecule has 10 rings (SSSR count). The minimum Gasteiger partial charge on any atom is -0.481 e. The monoisotopic (exact) mass is 1650 g/mol. The SMILES string of the molecule is C.CN(C[C@H](C(=O)N1C(=O)OC[C@@H]1Cc1ccccc1)c1cccc(Cl)c1)C(=O)OC(C)(C)C.CN(C[C@H](C(=O)O)c1cccc(Cl)c1)C(=O)OC(C)(C)C.COCN(C)C(=O)OC(C)(C)C.O=C(Cc1cccc(Cl)c1)N1C(=O)OC[C@@H]1Cc1ccccc1.O=C(O)Cc1cccc(Cl)c1.O=C1N[C@@H](Cc2ccccc2)CO1. The van der Waals surface area contributed by atoms with Gasteiger partial charge in [0.25, 0.3) is 0 Å². The average Bonchev–Trinajstić information content (AvgIpc) is 1.58. The van der Waals surface area contributed by atoms with Gasteiger partial charge >= 0.3 is 48.5 Å². The van der Waals surface area contributed by atoms with Crippen molar-refractivity contribution in [2.45, 2.75) is 149 Å². The fraction of sp³-hybridized carbons (Fsp3) is 0.388. The Balaban J connectivity index is 0.000000301. The summed E-state index contributed by atoms with van der Waals surface area (Å²) in [5, 5.41) is 22.6. The molecule has 616 valence electrons. The lowest BCUT2D eigenvalue weighted by atomic mass is 9.95. The van der Waals surface area contributed by atoms with Crippen LogP contribution in [-0.2, 0) is 84.4 Å². The number of carboxylic acid groups (broad SMARTS) is 2. The number of benzene rings is 7. The molecule has 3 N–H and O–H groups in total. The molecular weight excluding hydrogens is 1550 g/mol. The second kappa shape index (κ2) is 46.7. The number of aliphatic carboxylic acids is 2. The van der Waals surface area contributed by atoms with Crippen LogP contribution in [0, 0.1) is 0 Å². The number of amides is 8. The molecule has 0 saturated carbocycles. The van der Waals surface area contributed by atoms with E-state index in [1.54, 1.807) is 147 Å². The second-order valence-corrected chi connectivity index (χ2v) is 31.1. The molecule has 114 heavy (non-hydrogen) atoms. The number of imide groups is 2. The van der Waals surface area contributed by atoms with E-state index in [2.05, 4.69) is 5.32 Å². The van der Waals surface area contributed by atoms with Crippen LogP contribution in [0.1, 0.15) is 121 Å². The van der Waals surface area contributed by atoms with Gasteiger partial charge in [0.1, 0.15) is 43.4 Å². The molecule has 0 spiro atoms. The number of carbonyl (C=O) groups excluding carboxylic acids is 8. The van der Waals surface area contributed by atoms with E-state index in [9.17, 15) is 53.1 Å². The number of nitrogens with zero attached hydrogens (tertiary/aromatic N) is 5. The Labute approximate surface area is 687 Å². The van der Waals surface area contributed by atoms with Crippen molar-refractivity contribution < 1.29 is 91.3 Å². The van der Waals surface area contributed by atoms with Gasteiger partial charge in [-0.15, -0.1) is 0 Å². The number of alkyl carbamates (subject to hydrolysis) is 1. The van der Waals surface area contributed by atoms with Gasteiger partial charge in [0, 0.05) is 61.4 Å². The van der Waals surface area contributed by atoms with Crippen molar-refractivity contribution in [3.05, 3.63) is 247 Å². The quantitative estimate of drug-likeness (QED) is 0.0472. The Hall–Kier alpha value is -10.4. The van der Waals surface area contributed by atoms with Crippen LogP contribution in [-0.4, -0.2) is 198 Å². The topological polar surface area (TPSA) is 304 Å². The van der Waals surface area contributed by atoms with Crippen molar-refractivity contribution in [2.75, 3.05) is 67.9 Å². The lowest BCUT2D eigenvalue weighted by Crippen LogP contribution is -2.46. The van der Waals surface area contributed by atoms with E-state index < -0.39 is 76.9 Å². The Kier molecular flexibility index (Phi) is 39.3. The third kappa shape index (κ3) is 35.3. The van der Waals surface area contributed by atoms with Crippen molar-refractivity contribution in [1.82, 2.24) is 29.8 Å². The molecule has 3 aliphatic rings. The Morgan fingerprint density at radius 3 is 1.20 bits per heavy atom. The van der Waals surface area contributed by atoms with Crippen LogP contribution in [0.2, 0.25) is 20.1 Å². The number of carbonyl (C=O) groups is 10. The van der Waals surface area contributed by atoms with E-state index in [1.165, 1.54) is 44.2 Å². The number of halogens is 4. The van der Waals surface area contributed by atoms with E-state index in [-0.39, 0.29) is 83.5 Å². The molecule has 8 amide bonds. The summed E-state index contributed by atoms with van der Waals surface area (Å²) in [4.78, 5) is 125. The normalized spacial score (nSPS) is 15.1. The molecule has 0 aliphatic carbocycles. The van der Waals surface area contributed by atoms with E-state index in [0.717, 1.165) is 28.7 Å². The maximum Gasteiger partial charge on any atom is 0.417 e. The molecule has 3 heterocycles. The maximum absolute atomic E-state index is 13.7. The van der Waals surface area contributed by atoms with Gasteiger partial charge in [-0.2, -0.15) is 0 Å². The molecule has 29 heteroatoms. The molecule has 3 aliphatic heterocycles. The van der Waals surface area contributed by atoms with E-state index in [1.807, 2.05) is 118 Å². The minimum absolute atomic E-state index is 0. The third-order valence-electron chi connectivity index (χ3n) is 16.1. The predicted octanol–water partition coefficient (Wildman–Crippen LogP) is 17.1. The summed E-state index contributed by atoms with van der Waals surface area (Å²) < 4.78 is 35.6. The Bertz CT molecular complexity index is 4280. The summed E-state index contributed by atoms with van der Waals surface area (Å²) in [5.41, 5.74) is 4.18. The van der Waals surface area contributed by atoms with E-state index in [4.69, 9.17) is 84.7 Å². The molecule has 0 bridgehead atoms. The number of hydrogen-bond acceptors (Lipinski definition) is 17. The number of nitrogens with one attached hydrogen (secondary N) is 1. The summed E-state index contributed by atoms with van der Waals surface area (Å²) in [7, 11) is 6.22. The summed E-state index contributed by atoms with van der Waals surface area (Å²) >= 11 is 23.6. The van der Waals surface area contributed by atoms with Crippen LogP contribution >= 0.6 is 46.4 Å². The smallest absolute Gasteiger partial charge is 0.417 e. The van der Waals surface area contributed by atoms with Crippen molar-refractivity contribution in [3.8, 4) is 0 Å². The average molecular weight is 1660 g/mol. The van der Waals surface area contributed by atoms with Gasteiger partial charge in [0.05, 0.1) is 42.8 Å². The highest BCUT2D eigenvalue weighted by molar-refractivity contribution is 6.31. The fourth-order valence-corrected chi connectivity index (χ4v) is 11.8. The van der Waals surface area contributed by atoms with Crippen LogP contribution in [0.5, 0.6) is 0 Å². The molecule has 3 saturated heterocycles. The first-order valence-corrected chi connectivity index (χ1v) is 37.5. The van der Waals surface area contributed by atoms with E-state index >= 15 is 0 Å². The largest absolute Gasteiger partial charge is 0.481 e. The molecule has 0 unspecified atom stereocenters. The van der Waals surface area contributed by atoms with Gasteiger partial charge in [-0.1, -0.05) is 193 Å². The maximum atomic E-state index is 13.7. The standard InChI is InChI=1S/C25H29ClN2O5.C18H16ClNO3.C15H20ClNO4.C10H11NO2.C8H7ClO2.C8H17NO3.CH4/c1-25(2,3)33-23(30)27(4)15-21(18-11-8-12-19(26)14-18)22(29)28-20(16-32-24(28)31)13-17-9-6-5-7-10-17;19-15-8-4-7-14(9-15)11-17(21)20-16(12-23-18(20)22)10-13-5-2-1-3-6-13;1-15(2,3)21-14(20)17(4)9-12(13(18)19)10-6-5-7-11(16)8-10;12-10-11-9(7-13-10)6-8-4-2-1-3-5-8;9-7-3-1-2-6(4-7)5-8(10)11;1-8(2,3)12-7(10)9(4)6-11-5;/h5-12,14,20-21H,13,15-16H2,1-4H3;1-9,16H,10-12H2;5-8,12H,9H2,1-4H3,(H,18,19);1-5,9H,6-7H2,(H,11,12);1-4H,5H2,(H,10,11);6H2,1-5H3;1H4/t20-,21-;16-;12-;9-;;;/m0000.../s1. The van der Waals surface area contributed by atoms with Gasteiger partial charge in [-0.3, -0.25) is 24.1 Å². The Morgan fingerprint density at radius 1 is 0.465 bits per heavy atom. The summed E-state index contributed by atoms with van der Waals surface area (Å²) in [6, 6.07) is 56.2. The lowest BCUT2D eigenvalue weighted by molar-refractivity contribution is -0.139. The number of methoxy groups -OCH3 is 1. The predicted molar refractivity (Wildman–Crippen MR) is 437 cm³/mol. The highest BCUT2D eigenvalue weighted by atomic mass is 35.5. The number of likely N-dealkylation sites (N-methyl/N-ethyl adjacent to an activating group) is 2. The van der Waals surface area contributed by atoms with Gasteiger partial charge in [-0.05, 0) is 169 Å². The molecule has 3 fully saturated rings. The van der Waals surface area contributed by atoms with Crippen molar-refractivity contribution in [3.63, 3.8) is 0 Å². The number of hydrogen-bond donors (Lipinski definition) is 3. The first-order valence-electron chi connectivity index (χ1n) is 36.0. The Morgan fingerprint density at radius 2 is 0.825 bits per heavy atom. The van der Waals surface area contributed by atoms with Crippen LogP contribution in [0.3, 0.4) is 0 Å². The molecule has 0 aromatic heterocycles. The van der Waals surface area contributed by atoms with Gasteiger partial charge in [0.2, 0.25) is 11.8 Å². The first-order chi connectivity index (χ1) is 53.2. The van der Waals surface area contributed by atoms with Crippen LogP contribution in [0.15, 0.2) is 188 Å². The molecule has 25 nitrogen and oxygen atoms in total. The van der Waals surface area contributed by atoms with Crippen molar-refractivity contribution in [2.24, 2.45) is 0 Å². The zero-order chi connectivity index (χ0) is 83.8. The second-order valence-electron chi connectivity index (χ2n) is 29.3. The summed E-state index contributed by atoms with van der Waals surface area (Å²) in [6.45, 7) is 17.1. The van der Waals surface area contributed by atoms with Crippen LogP contribution < -0.4 is 5.32 Å². The van der Waals surface area contributed by atoms with Crippen molar-refractivity contribution in [1.29, 1.82) is 0 Å². The number of ether oxygens (including phenoxy) is 7. The van der Waals surface area contributed by atoms with Crippen LogP contribution in [0.4, 0.5) is 28.8 Å². The van der Waals surface area contributed by atoms with Gasteiger partial charge in [-0.25, -0.2) is 38.6 Å². The molecule has 7 aromatic rings. The highest BCUT2D eigenvalue weighted by Crippen LogP contribution is 2.30. The van der Waals surface area contributed by atoms with Crippen molar-refractivity contribution >= 4 is 107 Å². The number of rotatable bonds is 20. The minimum atomic E-state index is -1.02. The molecule has 0 radical (unpaired) electrons. The molecular formula is C85H104Cl4N6O19. The number of cyclic esters (lactones) is 3. The summed E-state index contributed by atoms with van der Waals surface area (Å²) in [6.07, 6.45) is -0.996. The third-order valence-corrected chi connectivity index (χ3v) is 17.0. The fourth-order valence-electron chi connectivity index (χ4n) is 11.0. The molecule has 5 atom stereocenters. The van der Waals surface area contributed by atoms with E-state index in [0.29, 0.717) is 50.7 Å². The van der Waals surface area contributed by atoms with Crippen LogP contribution in [0.25, 0.3) is 0 Å². The number of carboxylic acids is 2. The lowest BCUT2D eigenvalue weighted by Gasteiger charge is -2.30. The molecule has 7 aromatic carbocycles. The van der Waals surface area contributed by atoms with Gasteiger partial charge in [0.15, 0.2) is 0 Å². The zero-order valence-electron chi connectivity index (χ0n) is 65.6. The van der Waals surface area contributed by atoms with Gasteiger partial charge < -0.3 is 58.5 Å². The zero-order valence-corrected chi connectivity index (χ0v) is 68.7.